The number of benzene rings is 1. The minimum Gasteiger partial charge on any atom is -0.375 e. The first-order chi connectivity index (χ1) is 13.1. The molecule has 27 heavy (non-hydrogen) atoms. The third-order valence-electron chi connectivity index (χ3n) is 5.74. The molecule has 3 aliphatic heterocycles. The minimum atomic E-state index is -0.809. The Morgan fingerprint density at radius 1 is 1.22 bits per heavy atom. The molecule has 0 spiro atoms. The number of anilines is 2. The Balaban J connectivity index is 1.48. The molecule has 0 saturated carbocycles. The van der Waals surface area contributed by atoms with Crippen molar-refractivity contribution < 1.29 is 18.5 Å². The molecular weight excluding hydrogens is 366 g/mol. The Bertz CT molecular complexity index is 784. The fourth-order valence-corrected chi connectivity index (χ4v) is 6.27. The smallest absolute Gasteiger partial charge is 0.321 e. The second kappa shape index (κ2) is 7.59. The van der Waals surface area contributed by atoms with E-state index in [1.807, 2.05) is 18.2 Å². The Labute approximate surface area is 161 Å². The van der Waals surface area contributed by atoms with Gasteiger partial charge in [-0.1, -0.05) is 6.07 Å². The normalized spacial score (nSPS) is 26.6. The van der Waals surface area contributed by atoms with E-state index in [1.54, 1.807) is 9.80 Å². The molecule has 2 fully saturated rings. The number of ether oxygens (including phenoxy) is 1. The number of methoxy groups -OCH3 is 1. The predicted molar refractivity (Wildman–Crippen MR) is 105 cm³/mol. The molecule has 1 aromatic carbocycles. The average Bonchev–Trinajstić information content (AvgIpc) is 3.17. The van der Waals surface area contributed by atoms with Gasteiger partial charge in [-0.05, 0) is 37.8 Å². The summed E-state index contributed by atoms with van der Waals surface area (Å²) in [6.07, 6.45) is 3.47. The lowest BCUT2D eigenvalue weighted by atomic mass is 10.1. The molecule has 3 amide bonds. The number of urea groups is 1. The van der Waals surface area contributed by atoms with E-state index in [9.17, 15) is 13.8 Å². The molecule has 7 nitrogen and oxygen atoms in total. The monoisotopic (exact) mass is 391 g/mol. The number of nitrogens with zero attached hydrogens (tertiary/aromatic N) is 2. The molecule has 4 rings (SSSR count). The molecule has 2 saturated heterocycles. The Kier molecular flexibility index (Phi) is 5.19. The summed E-state index contributed by atoms with van der Waals surface area (Å²) in [6.45, 7) is 1.84. The van der Waals surface area contributed by atoms with Gasteiger partial charge in [-0.3, -0.25) is 9.00 Å². The van der Waals surface area contributed by atoms with E-state index in [-0.39, 0.29) is 29.0 Å². The zero-order chi connectivity index (χ0) is 19.0. The number of amides is 3. The van der Waals surface area contributed by atoms with Gasteiger partial charge < -0.3 is 19.9 Å². The maximum Gasteiger partial charge on any atom is 0.321 e. The molecule has 2 bridgehead atoms. The first-order valence-corrected chi connectivity index (χ1v) is 10.7. The van der Waals surface area contributed by atoms with Gasteiger partial charge in [-0.2, -0.15) is 0 Å². The number of nitrogens with one attached hydrogen (secondary N) is 1. The minimum absolute atomic E-state index is 0.0451. The van der Waals surface area contributed by atoms with Gasteiger partial charge in [0.25, 0.3) is 5.91 Å². The summed E-state index contributed by atoms with van der Waals surface area (Å²) in [4.78, 5) is 28.6. The topological polar surface area (TPSA) is 79.0 Å². The number of carbonyl (C=O) groups is 2. The zero-order valence-electron chi connectivity index (χ0n) is 15.5. The van der Waals surface area contributed by atoms with Crippen LogP contribution in [0.2, 0.25) is 0 Å². The number of fused-ring (bicyclic) bond motifs is 3. The van der Waals surface area contributed by atoms with Crippen LogP contribution in [0.1, 0.15) is 24.8 Å². The molecule has 1 aromatic rings. The lowest BCUT2D eigenvalue weighted by molar-refractivity contribution is -0.122. The molecular formula is C19H25N3O4S. The highest BCUT2D eigenvalue weighted by Gasteiger charge is 2.38. The molecule has 8 heteroatoms. The van der Waals surface area contributed by atoms with Crippen LogP contribution in [-0.2, 0) is 26.8 Å². The molecule has 146 valence electrons. The lowest BCUT2D eigenvalue weighted by Crippen LogP contribution is -2.40. The van der Waals surface area contributed by atoms with Gasteiger partial charge in [0.05, 0.1) is 5.25 Å². The van der Waals surface area contributed by atoms with Crippen molar-refractivity contribution in [3.05, 3.63) is 23.8 Å². The van der Waals surface area contributed by atoms with Crippen LogP contribution in [0.3, 0.4) is 0 Å². The maximum absolute atomic E-state index is 12.8. The van der Waals surface area contributed by atoms with Crippen LogP contribution in [0, 0.1) is 0 Å². The molecule has 3 aliphatic rings. The van der Waals surface area contributed by atoms with E-state index in [1.165, 1.54) is 7.11 Å². The Morgan fingerprint density at radius 2 is 2.04 bits per heavy atom. The SMILES string of the molecule is COCC(=O)N1CCc2c(NC(=O)N3CCC4CCC(C3)S4=O)cccc21. The van der Waals surface area contributed by atoms with Gasteiger partial charge >= 0.3 is 6.03 Å². The molecule has 0 aliphatic carbocycles. The summed E-state index contributed by atoms with van der Waals surface area (Å²) in [5, 5.41) is 3.37. The second-order valence-corrected chi connectivity index (χ2v) is 9.34. The van der Waals surface area contributed by atoms with Crippen LogP contribution in [0.15, 0.2) is 18.2 Å². The predicted octanol–water partition coefficient (Wildman–Crippen LogP) is 1.74. The average molecular weight is 391 g/mol. The zero-order valence-corrected chi connectivity index (χ0v) is 16.3. The van der Waals surface area contributed by atoms with E-state index in [0.717, 1.165) is 36.2 Å². The lowest BCUT2D eigenvalue weighted by Gasteiger charge is -2.25. The van der Waals surface area contributed by atoms with Crippen LogP contribution in [0.25, 0.3) is 0 Å². The van der Waals surface area contributed by atoms with E-state index in [0.29, 0.717) is 26.1 Å². The number of carbonyl (C=O) groups excluding carboxylic acids is 2. The van der Waals surface area contributed by atoms with Crippen LogP contribution < -0.4 is 10.2 Å². The van der Waals surface area contributed by atoms with Gasteiger partial charge in [0.1, 0.15) is 6.61 Å². The molecule has 3 unspecified atom stereocenters. The highest BCUT2D eigenvalue weighted by molar-refractivity contribution is 7.86. The van der Waals surface area contributed by atoms with Gasteiger partial charge in [0.15, 0.2) is 0 Å². The second-order valence-electron chi connectivity index (χ2n) is 7.35. The third kappa shape index (κ3) is 3.48. The van der Waals surface area contributed by atoms with Crippen molar-refractivity contribution in [3.63, 3.8) is 0 Å². The molecule has 1 N–H and O–H groups in total. The van der Waals surface area contributed by atoms with Gasteiger partial charge in [-0.15, -0.1) is 0 Å². The van der Waals surface area contributed by atoms with Crippen molar-refractivity contribution in [2.45, 2.75) is 36.2 Å². The summed E-state index contributed by atoms with van der Waals surface area (Å²) in [5.41, 5.74) is 2.57. The standard InChI is InChI=1S/C19H25N3O4S/c1-26-12-18(23)22-10-8-15-16(3-2-4-17(15)22)20-19(24)21-9-7-13-5-6-14(11-21)27(13)25/h2-4,13-14H,5-12H2,1H3,(H,20,24). The number of likely N-dealkylation sites (tertiary alicyclic amines) is 1. The number of rotatable bonds is 3. The van der Waals surface area contributed by atoms with Crippen molar-refractivity contribution >= 4 is 34.1 Å². The number of hydrogen-bond acceptors (Lipinski definition) is 4. The van der Waals surface area contributed by atoms with E-state index in [2.05, 4.69) is 5.32 Å². The van der Waals surface area contributed by atoms with Crippen molar-refractivity contribution in [2.75, 3.05) is 43.6 Å². The fraction of sp³-hybridized carbons (Fsp3) is 0.579. The highest BCUT2D eigenvalue weighted by atomic mass is 32.2. The highest BCUT2D eigenvalue weighted by Crippen LogP contribution is 2.34. The van der Waals surface area contributed by atoms with E-state index >= 15 is 0 Å². The van der Waals surface area contributed by atoms with Crippen molar-refractivity contribution in [1.82, 2.24) is 4.90 Å². The largest absolute Gasteiger partial charge is 0.375 e. The van der Waals surface area contributed by atoms with Crippen LogP contribution in [0.5, 0.6) is 0 Å². The molecule has 0 radical (unpaired) electrons. The third-order valence-corrected chi connectivity index (χ3v) is 7.91. The molecule has 3 atom stereocenters. The van der Waals surface area contributed by atoms with E-state index in [4.69, 9.17) is 4.74 Å². The summed E-state index contributed by atoms with van der Waals surface area (Å²) in [7, 11) is 0.697. The summed E-state index contributed by atoms with van der Waals surface area (Å²) >= 11 is 0. The van der Waals surface area contributed by atoms with Gasteiger partial charge in [0.2, 0.25) is 0 Å². The quantitative estimate of drug-likeness (QED) is 0.851. The summed E-state index contributed by atoms with van der Waals surface area (Å²) in [6, 6.07) is 5.49. The van der Waals surface area contributed by atoms with Crippen LogP contribution in [-0.4, -0.2) is 64.9 Å². The first kappa shape index (κ1) is 18.4. The van der Waals surface area contributed by atoms with Crippen molar-refractivity contribution in [3.8, 4) is 0 Å². The van der Waals surface area contributed by atoms with E-state index < -0.39 is 10.8 Å². The molecule has 0 aromatic heterocycles. The van der Waals surface area contributed by atoms with Crippen LogP contribution >= 0.6 is 0 Å². The Morgan fingerprint density at radius 3 is 2.85 bits per heavy atom. The van der Waals surface area contributed by atoms with Gasteiger partial charge in [0, 0.05) is 59.7 Å². The van der Waals surface area contributed by atoms with Gasteiger partial charge in [-0.25, -0.2) is 4.79 Å². The van der Waals surface area contributed by atoms with Crippen molar-refractivity contribution in [2.24, 2.45) is 0 Å². The van der Waals surface area contributed by atoms with Crippen LogP contribution in [0.4, 0.5) is 16.2 Å². The van der Waals surface area contributed by atoms with Crippen molar-refractivity contribution in [1.29, 1.82) is 0 Å². The Hall–Kier alpha value is -1.93. The fourth-order valence-electron chi connectivity index (χ4n) is 4.33. The number of hydrogen-bond donors (Lipinski definition) is 1. The maximum atomic E-state index is 12.8. The summed E-state index contributed by atoms with van der Waals surface area (Å²) in [5.74, 6) is -0.0780. The molecule has 3 heterocycles. The first-order valence-electron chi connectivity index (χ1n) is 9.45. The summed E-state index contributed by atoms with van der Waals surface area (Å²) < 4.78 is 17.3.